The molecule has 0 bridgehead atoms. The molecule has 30 heavy (non-hydrogen) atoms. The summed E-state index contributed by atoms with van der Waals surface area (Å²) in [7, 11) is 0. The molecule has 0 aliphatic heterocycles. The Morgan fingerprint density at radius 2 is 1.33 bits per heavy atom. The van der Waals surface area contributed by atoms with Crippen LogP contribution < -0.4 is 0 Å². The maximum atomic E-state index is 2.51. The number of unbranched alkanes of at least 4 members (excludes halogenated alkanes) is 1. The molecule has 1 atom stereocenters. The zero-order valence-electron chi connectivity index (χ0n) is 19.2. The van der Waals surface area contributed by atoms with Gasteiger partial charge in [-0.1, -0.05) is 94.1 Å². The maximum Gasteiger partial charge on any atom is -0.0162 e. The van der Waals surface area contributed by atoms with Crippen LogP contribution in [0.4, 0.5) is 0 Å². The maximum absolute atomic E-state index is 2.51. The Kier molecular flexibility index (Phi) is 7.47. The number of benzene rings is 2. The van der Waals surface area contributed by atoms with Crippen LogP contribution in [0.25, 0.3) is 16.7 Å². The number of hydrogen-bond acceptors (Lipinski definition) is 0. The van der Waals surface area contributed by atoms with Gasteiger partial charge in [-0.2, -0.15) is 0 Å². The largest absolute Gasteiger partial charge is 0.0804 e. The first kappa shape index (κ1) is 21.4. The van der Waals surface area contributed by atoms with Crippen LogP contribution in [0.2, 0.25) is 0 Å². The number of allylic oxidation sites excluding steroid dienone is 2. The van der Waals surface area contributed by atoms with Gasteiger partial charge in [0.25, 0.3) is 0 Å². The second-order valence-electron chi connectivity index (χ2n) is 9.84. The zero-order chi connectivity index (χ0) is 20.8. The lowest BCUT2D eigenvalue weighted by Gasteiger charge is -2.28. The van der Waals surface area contributed by atoms with Crippen LogP contribution in [0.15, 0.2) is 54.6 Å². The summed E-state index contributed by atoms with van der Waals surface area (Å²) in [4.78, 5) is 0. The van der Waals surface area contributed by atoms with Crippen molar-refractivity contribution in [2.24, 2.45) is 11.8 Å². The van der Waals surface area contributed by atoms with E-state index >= 15 is 0 Å². The summed E-state index contributed by atoms with van der Waals surface area (Å²) < 4.78 is 0. The molecule has 4 rings (SSSR count). The molecule has 1 unspecified atom stereocenters. The summed E-state index contributed by atoms with van der Waals surface area (Å²) >= 11 is 0. The van der Waals surface area contributed by atoms with Gasteiger partial charge in [0, 0.05) is 0 Å². The molecule has 0 N–H and O–H groups in total. The molecule has 0 amide bonds. The molecule has 2 aromatic carbocycles. The van der Waals surface area contributed by atoms with Crippen molar-refractivity contribution in [1.82, 2.24) is 0 Å². The Morgan fingerprint density at radius 3 is 1.90 bits per heavy atom. The first-order chi connectivity index (χ1) is 14.8. The molecule has 0 spiro atoms. The molecule has 0 saturated heterocycles. The highest BCUT2D eigenvalue weighted by atomic mass is 14.3. The van der Waals surface area contributed by atoms with E-state index in [-0.39, 0.29) is 0 Å². The molecule has 0 heterocycles. The summed E-state index contributed by atoms with van der Waals surface area (Å²) in [6, 6.07) is 18.8. The zero-order valence-corrected chi connectivity index (χ0v) is 19.2. The highest BCUT2D eigenvalue weighted by Crippen LogP contribution is 2.38. The molecule has 0 aromatic heterocycles. The summed E-state index contributed by atoms with van der Waals surface area (Å²) in [5.41, 5.74) is 7.24. The van der Waals surface area contributed by atoms with Crippen LogP contribution in [0, 0.1) is 11.8 Å². The minimum atomic E-state index is 0.781. The van der Waals surface area contributed by atoms with E-state index in [2.05, 4.69) is 68.5 Å². The summed E-state index contributed by atoms with van der Waals surface area (Å²) in [6.45, 7) is 4.65. The molecule has 2 aliphatic rings. The third-order valence-electron chi connectivity index (χ3n) is 7.88. The minimum Gasteiger partial charge on any atom is -0.0804 e. The van der Waals surface area contributed by atoms with Crippen LogP contribution in [0.1, 0.15) is 102 Å². The fourth-order valence-corrected chi connectivity index (χ4v) is 5.63. The predicted octanol–water partition coefficient (Wildman–Crippen LogP) is 9.41. The first-order valence-electron chi connectivity index (χ1n) is 12.7. The van der Waals surface area contributed by atoms with E-state index < -0.39 is 0 Å². The van der Waals surface area contributed by atoms with Crippen LogP contribution >= 0.6 is 0 Å². The van der Waals surface area contributed by atoms with E-state index in [1.165, 1.54) is 87.3 Å². The lowest BCUT2D eigenvalue weighted by Crippen LogP contribution is -2.12. The Labute approximate surface area is 184 Å². The van der Waals surface area contributed by atoms with E-state index in [0.717, 1.165) is 17.8 Å². The third kappa shape index (κ3) is 5.26. The van der Waals surface area contributed by atoms with E-state index in [4.69, 9.17) is 0 Å². The molecule has 2 aromatic rings. The second kappa shape index (κ2) is 10.5. The molecule has 160 valence electrons. The van der Waals surface area contributed by atoms with E-state index in [9.17, 15) is 0 Å². The molecule has 1 saturated carbocycles. The highest BCUT2D eigenvalue weighted by molar-refractivity contribution is 5.71. The quantitative estimate of drug-likeness (QED) is 0.434. The summed E-state index contributed by atoms with van der Waals surface area (Å²) in [5.74, 6) is 2.67. The van der Waals surface area contributed by atoms with Crippen LogP contribution in [-0.2, 0) is 0 Å². The van der Waals surface area contributed by atoms with Crippen molar-refractivity contribution >= 4 is 5.57 Å². The van der Waals surface area contributed by atoms with Gasteiger partial charge in [0.2, 0.25) is 0 Å². The fraction of sp³-hybridized carbons (Fsp3) is 0.533. The van der Waals surface area contributed by atoms with Gasteiger partial charge in [0.15, 0.2) is 0 Å². The van der Waals surface area contributed by atoms with Crippen molar-refractivity contribution in [3.8, 4) is 11.1 Å². The third-order valence-corrected chi connectivity index (χ3v) is 7.88. The van der Waals surface area contributed by atoms with Crippen LogP contribution in [-0.4, -0.2) is 0 Å². The molecule has 0 nitrogen and oxygen atoms in total. The first-order valence-corrected chi connectivity index (χ1v) is 12.7. The lowest BCUT2D eigenvalue weighted by molar-refractivity contribution is 0.319. The average molecular weight is 401 g/mol. The van der Waals surface area contributed by atoms with Crippen molar-refractivity contribution in [3.05, 3.63) is 65.7 Å². The monoisotopic (exact) mass is 400 g/mol. The van der Waals surface area contributed by atoms with Crippen LogP contribution in [0.5, 0.6) is 0 Å². The Hall–Kier alpha value is -1.82. The van der Waals surface area contributed by atoms with Gasteiger partial charge in [0.1, 0.15) is 0 Å². The standard InChI is InChI=1S/C30H40/c1-3-5-6-24-9-13-26(14-10-24)28-17-21-30(22-18-28)29-19-15-27(16-20-29)25-11-7-23(4-2)8-12-25/h13,15-25H,3-12,14H2,1-2H3. The topological polar surface area (TPSA) is 0 Å². The van der Waals surface area contributed by atoms with Gasteiger partial charge in [-0.25, -0.2) is 0 Å². The Bertz CT molecular complexity index is 800. The van der Waals surface area contributed by atoms with Crippen molar-refractivity contribution in [3.63, 3.8) is 0 Å². The van der Waals surface area contributed by atoms with Gasteiger partial charge < -0.3 is 0 Å². The van der Waals surface area contributed by atoms with Crippen LogP contribution in [0.3, 0.4) is 0 Å². The Morgan fingerprint density at radius 1 is 0.700 bits per heavy atom. The smallest absolute Gasteiger partial charge is 0.0162 e. The van der Waals surface area contributed by atoms with Gasteiger partial charge in [0.05, 0.1) is 0 Å². The van der Waals surface area contributed by atoms with Gasteiger partial charge >= 0.3 is 0 Å². The fourth-order valence-electron chi connectivity index (χ4n) is 5.63. The second-order valence-corrected chi connectivity index (χ2v) is 9.84. The summed E-state index contributed by atoms with van der Waals surface area (Å²) in [6.07, 6.45) is 17.5. The SMILES string of the molecule is CCCCC1CC=C(c2ccc(-c3ccc(C4CCC(CC)CC4)cc3)cc2)CC1. The highest BCUT2D eigenvalue weighted by Gasteiger charge is 2.21. The molecule has 0 radical (unpaired) electrons. The molecular formula is C30H40. The lowest BCUT2D eigenvalue weighted by atomic mass is 9.77. The average Bonchev–Trinajstić information content (AvgIpc) is 2.83. The minimum absolute atomic E-state index is 0.781. The van der Waals surface area contributed by atoms with E-state index in [0.29, 0.717) is 0 Å². The van der Waals surface area contributed by atoms with Crippen molar-refractivity contribution < 1.29 is 0 Å². The summed E-state index contributed by atoms with van der Waals surface area (Å²) in [5, 5.41) is 0. The van der Waals surface area contributed by atoms with Gasteiger partial charge in [-0.05, 0) is 90.5 Å². The normalized spacial score (nSPS) is 24.5. The number of hydrogen-bond donors (Lipinski definition) is 0. The molecule has 0 heteroatoms. The molecule has 2 aliphatic carbocycles. The Balaban J connectivity index is 1.37. The van der Waals surface area contributed by atoms with Crippen molar-refractivity contribution in [2.45, 2.75) is 90.4 Å². The molecule has 1 fully saturated rings. The van der Waals surface area contributed by atoms with Gasteiger partial charge in [-0.3, -0.25) is 0 Å². The van der Waals surface area contributed by atoms with Crippen molar-refractivity contribution in [2.75, 3.05) is 0 Å². The van der Waals surface area contributed by atoms with E-state index in [1.54, 1.807) is 11.1 Å². The van der Waals surface area contributed by atoms with E-state index in [1.807, 2.05) is 0 Å². The molecular weight excluding hydrogens is 360 g/mol. The van der Waals surface area contributed by atoms with Crippen molar-refractivity contribution in [1.29, 1.82) is 0 Å². The van der Waals surface area contributed by atoms with Gasteiger partial charge in [-0.15, -0.1) is 0 Å². The number of rotatable bonds is 7. The predicted molar refractivity (Wildman–Crippen MR) is 132 cm³/mol.